The Kier molecular flexibility index (Phi) is 6.85. The largest absolute Gasteiger partial charge is 0.372 e. The van der Waals surface area contributed by atoms with Crippen molar-refractivity contribution in [1.82, 2.24) is 5.32 Å². The molecular weight excluding hydrogens is 248 g/mol. The number of hydrogen-bond acceptors (Lipinski definition) is 2. The minimum atomic E-state index is -0.0901. The lowest BCUT2D eigenvalue weighted by atomic mass is 10.1. The molecule has 0 aliphatic heterocycles. The lowest BCUT2D eigenvalue weighted by molar-refractivity contribution is -0.117. The Bertz CT molecular complexity index is 431. The number of carbonyl (C=O) groups is 1. The smallest absolute Gasteiger partial charge is 0.246 e. The van der Waals surface area contributed by atoms with Crippen molar-refractivity contribution in [2.75, 3.05) is 18.0 Å². The second-order valence-corrected chi connectivity index (χ2v) is 5.12. The van der Waals surface area contributed by atoms with E-state index < -0.39 is 0 Å². The van der Waals surface area contributed by atoms with Crippen molar-refractivity contribution in [1.29, 1.82) is 0 Å². The maximum absolute atomic E-state index is 11.4. The average molecular weight is 274 g/mol. The molecule has 0 saturated carbocycles. The van der Waals surface area contributed by atoms with Gasteiger partial charge in [0.2, 0.25) is 5.91 Å². The van der Waals surface area contributed by atoms with Gasteiger partial charge in [-0.3, -0.25) is 4.79 Å². The number of anilines is 1. The molecule has 0 spiro atoms. The van der Waals surface area contributed by atoms with E-state index in [1.807, 2.05) is 0 Å². The summed E-state index contributed by atoms with van der Waals surface area (Å²) in [6, 6.07) is 8.42. The van der Waals surface area contributed by atoms with Crippen molar-refractivity contribution in [2.24, 2.45) is 0 Å². The second-order valence-electron chi connectivity index (χ2n) is 5.12. The quantitative estimate of drug-likeness (QED) is 0.736. The first-order valence-corrected chi connectivity index (χ1v) is 7.36. The van der Waals surface area contributed by atoms with E-state index in [0.29, 0.717) is 12.1 Å². The lowest BCUT2D eigenvalue weighted by Crippen LogP contribution is -2.25. The third-order valence-electron chi connectivity index (χ3n) is 3.13. The average Bonchev–Trinajstić information content (AvgIpc) is 2.45. The molecule has 0 aliphatic carbocycles. The summed E-state index contributed by atoms with van der Waals surface area (Å²) in [6.45, 7) is 12.5. The summed E-state index contributed by atoms with van der Waals surface area (Å²) < 4.78 is 0. The molecule has 1 rings (SSSR count). The van der Waals surface area contributed by atoms with Gasteiger partial charge < -0.3 is 10.2 Å². The van der Waals surface area contributed by atoms with Crippen molar-refractivity contribution in [3.05, 3.63) is 42.0 Å². The van der Waals surface area contributed by atoms with Gasteiger partial charge in [0.1, 0.15) is 0 Å². The minimum absolute atomic E-state index is 0.0901. The van der Waals surface area contributed by atoms with Crippen molar-refractivity contribution < 1.29 is 4.79 Å². The number of carbonyl (C=O) groups excluding carboxylic acids is 1. The van der Waals surface area contributed by atoms with Gasteiger partial charge in [0.15, 0.2) is 0 Å². The van der Waals surface area contributed by atoms with E-state index in [9.17, 15) is 4.79 Å². The van der Waals surface area contributed by atoms with Crippen molar-refractivity contribution in [3.63, 3.8) is 0 Å². The summed E-state index contributed by atoms with van der Waals surface area (Å²) in [5.41, 5.74) is 2.90. The molecule has 0 heterocycles. The van der Waals surface area contributed by atoms with E-state index in [0.717, 1.165) is 31.5 Å². The zero-order valence-corrected chi connectivity index (χ0v) is 12.9. The molecule has 1 amide bonds. The summed E-state index contributed by atoms with van der Waals surface area (Å²) in [5, 5.41) is 2.85. The first kappa shape index (κ1) is 16.3. The number of nitrogens with zero attached hydrogens (tertiary/aromatic N) is 1. The fourth-order valence-corrected chi connectivity index (χ4v) is 2.07. The molecule has 20 heavy (non-hydrogen) atoms. The van der Waals surface area contributed by atoms with Crippen LogP contribution in [0.25, 0.3) is 0 Å². The highest BCUT2D eigenvalue weighted by Gasteiger charge is 2.05. The Morgan fingerprint density at radius 2 is 1.70 bits per heavy atom. The van der Waals surface area contributed by atoms with Crippen LogP contribution >= 0.6 is 0 Å². The van der Waals surface area contributed by atoms with Crippen LogP contribution in [0.5, 0.6) is 0 Å². The Morgan fingerprint density at radius 3 is 2.15 bits per heavy atom. The highest BCUT2D eigenvalue weighted by Crippen LogP contribution is 2.16. The van der Waals surface area contributed by atoms with Crippen LogP contribution in [0.1, 0.15) is 39.2 Å². The molecule has 110 valence electrons. The minimum Gasteiger partial charge on any atom is -0.372 e. The van der Waals surface area contributed by atoms with Crippen LogP contribution in [0.2, 0.25) is 0 Å². The fraction of sp³-hybridized carbons (Fsp3) is 0.471. The van der Waals surface area contributed by atoms with Gasteiger partial charge in [-0.25, -0.2) is 0 Å². The van der Waals surface area contributed by atoms with Crippen LogP contribution in [0, 0.1) is 0 Å². The third-order valence-corrected chi connectivity index (χ3v) is 3.13. The monoisotopic (exact) mass is 274 g/mol. The maximum atomic E-state index is 11.4. The Labute approximate surface area is 122 Å². The number of amides is 1. The Hall–Kier alpha value is -1.77. The van der Waals surface area contributed by atoms with Gasteiger partial charge in [0, 0.05) is 30.9 Å². The van der Waals surface area contributed by atoms with Crippen LogP contribution in [0.4, 0.5) is 5.69 Å². The second kappa shape index (κ2) is 8.41. The molecule has 0 radical (unpaired) electrons. The van der Waals surface area contributed by atoms with E-state index in [-0.39, 0.29) is 5.91 Å². The molecule has 0 atom stereocenters. The maximum Gasteiger partial charge on any atom is 0.246 e. The van der Waals surface area contributed by atoms with E-state index in [1.54, 1.807) is 6.92 Å². The first-order chi connectivity index (χ1) is 9.58. The molecule has 1 aromatic rings. The van der Waals surface area contributed by atoms with Crippen molar-refractivity contribution >= 4 is 11.6 Å². The third kappa shape index (κ3) is 5.08. The molecule has 3 nitrogen and oxygen atoms in total. The lowest BCUT2D eigenvalue weighted by Gasteiger charge is -2.24. The van der Waals surface area contributed by atoms with Gasteiger partial charge in [0.25, 0.3) is 0 Å². The molecule has 3 heteroatoms. The zero-order chi connectivity index (χ0) is 15.0. The summed E-state index contributed by atoms with van der Waals surface area (Å²) in [7, 11) is 0. The van der Waals surface area contributed by atoms with Crippen molar-refractivity contribution in [3.8, 4) is 0 Å². The number of benzene rings is 1. The predicted molar refractivity (Wildman–Crippen MR) is 85.9 cm³/mol. The van der Waals surface area contributed by atoms with Gasteiger partial charge in [0.05, 0.1) is 0 Å². The fourth-order valence-electron chi connectivity index (χ4n) is 2.07. The number of nitrogens with one attached hydrogen (secondary N) is 1. The van der Waals surface area contributed by atoms with Gasteiger partial charge >= 0.3 is 0 Å². The Balaban J connectivity index is 2.62. The highest BCUT2D eigenvalue weighted by molar-refractivity contribution is 5.91. The van der Waals surface area contributed by atoms with E-state index in [2.05, 4.69) is 54.9 Å². The summed E-state index contributed by atoms with van der Waals surface area (Å²) in [4.78, 5) is 13.8. The molecule has 0 aliphatic rings. The van der Waals surface area contributed by atoms with Crippen LogP contribution in [-0.2, 0) is 11.3 Å². The van der Waals surface area contributed by atoms with Crippen LogP contribution < -0.4 is 10.2 Å². The number of hydrogen-bond donors (Lipinski definition) is 1. The topological polar surface area (TPSA) is 32.3 Å². The molecular formula is C17H26N2O. The summed E-state index contributed by atoms with van der Waals surface area (Å²) >= 11 is 0. The van der Waals surface area contributed by atoms with E-state index in [4.69, 9.17) is 0 Å². The zero-order valence-electron chi connectivity index (χ0n) is 12.9. The highest BCUT2D eigenvalue weighted by atomic mass is 16.1. The van der Waals surface area contributed by atoms with Gasteiger partial charge in [-0.15, -0.1) is 0 Å². The van der Waals surface area contributed by atoms with Crippen molar-refractivity contribution in [2.45, 2.75) is 40.2 Å². The molecule has 0 bridgehead atoms. The first-order valence-electron chi connectivity index (χ1n) is 7.36. The van der Waals surface area contributed by atoms with Gasteiger partial charge in [-0.1, -0.05) is 32.6 Å². The van der Waals surface area contributed by atoms with E-state index in [1.165, 1.54) is 5.69 Å². The van der Waals surface area contributed by atoms with Crippen LogP contribution in [0.3, 0.4) is 0 Å². The van der Waals surface area contributed by atoms with E-state index >= 15 is 0 Å². The Morgan fingerprint density at radius 1 is 1.15 bits per heavy atom. The summed E-state index contributed by atoms with van der Waals surface area (Å²) in [5.74, 6) is -0.0901. The van der Waals surface area contributed by atoms with Gasteiger partial charge in [-0.2, -0.15) is 0 Å². The van der Waals surface area contributed by atoms with Crippen LogP contribution in [-0.4, -0.2) is 19.0 Å². The molecule has 0 unspecified atom stereocenters. The normalized spacial score (nSPS) is 10.2. The van der Waals surface area contributed by atoms with Gasteiger partial charge in [-0.05, 0) is 37.5 Å². The SMILES string of the molecule is C=C(C)C(=O)NCc1ccc(N(CCC)CCC)cc1. The molecule has 0 fully saturated rings. The predicted octanol–water partition coefficient (Wildman–Crippen LogP) is 3.51. The molecule has 1 N–H and O–H groups in total. The number of rotatable bonds is 8. The molecule has 0 aromatic heterocycles. The van der Waals surface area contributed by atoms with Crippen LogP contribution in [0.15, 0.2) is 36.4 Å². The molecule has 1 aromatic carbocycles. The summed E-state index contributed by atoms with van der Waals surface area (Å²) in [6.07, 6.45) is 2.30. The standard InChI is InChI=1S/C17H26N2O/c1-5-11-19(12-6-2)16-9-7-15(8-10-16)13-18-17(20)14(3)4/h7-10H,3,5-6,11-13H2,1-2,4H3,(H,18,20). The molecule has 0 saturated heterocycles.